The Hall–Kier alpha value is -1.96. The summed E-state index contributed by atoms with van der Waals surface area (Å²) >= 11 is 0. The molecule has 0 aromatic carbocycles. The highest BCUT2D eigenvalue weighted by molar-refractivity contribution is 7.47. The normalized spacial score (nSPS) is 19.5. The summed E-state index contributed by atoms with van der Waals surface area (Å²) in [5, 5.41) is 39.2. The number of aliphatic hydroxyl groups is 4. The second-order valence-corrected chi connectivity index (χ2v) is 18.0. The maximum absolute atomic E-state index is 12.8. The van der Waals surface area contributed by atoms with Crippen LogP contribution in [0.4, 0.5) is 0 Å². The lowest BCUT2D eigenvalue weighted by Crippen LogP contribution is -2.29. The van der Waals surface area contributed by atoms with Crippen LogP contribution in [0.3, 0.4) is 0 Å². The smallest absolute Gasteiger partial charge is 0.462 e. The lowest BCUT2D eigenvalue weighted by Gasteiger charge is -2.20. The Bertz CT molecular complexity index is 1210. The van der Waals surface area contributed by atoms with Gasteiger partial charge in [-0.15, -0.1) is 0 Å². The number of ketones is 1. The number of carbonyl (C=O) groups is 3. The molecule has 0 spiro atoms. The molecule has 350 valence electrons. The molecule has 0 amide bonds. The van der Waals surface area contributed by atoms with Crippen molar-refractivity contribution in [1.82, 2.24) is 0 Å². The largest absolute Gasteiger partial charge is 0.472 e. The van der Waals surface area contributed by atoms with Crippen LogP contribution in [0.1, 0.15) is 187 Å². The van der Waals surface area contributed by atoms with Gasteiger partial charge in [0.1, 0.15) is 18.5 Å². The van der Waals surface area contributed by atoms with Gasteiger partial charge in [-0.3, -0.25) is 23.4 Å². The van der Waals surface area contributed by atoms with Gasteiger partial charge in [0.2, 0.25) is 0 Å². The summed E-state index contributed by atoms with van der Waals surface area (Å²) in [4.78, 5) is 47.8. The number of Topliss-reactive ketones (excluding diaryl/α,β-unsaturated/α-hetero) is 1. The van der Waals surface area contributed by atoms with Crippen molar-refractivity contribution in [2.75, 3.05) is 26.4 Å². The van der Waals surface area contributed by atoms with Gasteiger partial charge in [-0.1, -0.05) is 141 Å². The van der Waals surface area contributed by atoms with E-state index < -0.39 is 69.9 Å². The second-order valence-electron chi connectivity index (χ2n) is 16.6. The fourth-order valence-corrected chi connectivity index (χ4v) is 8.09. The van der Waals surface area contributed by atoms with E-state index in [9.17, 15) is 39.2 Å². The number of esters is 2. The van der Waals surface area contributed by atoms with Gasteiger partial charge in [0.05, 0.1) is 32.0 Å². The molecule has 5 N–H and O–H groups in total. The molecule has 0 aromatic rings. The number of aliphatic hydroxyl groups excluding tert-OH is 4. The van der Waals surface area contributed by atoms with E-state index in [1.165, 1.54) is 57.8 Å². The lowest BCUT2D eigenvalue weighted by atomic mass is 9.88. The third-order valence-corrected chi connectivity index (χ3v) is 11.9. The van der Waals surface area contributed by atoms with Crippen LogP contribution in [0.5, 0.6) is 0 Å². The highest BCUT2D eigenvalue weighted by atomic mass is 31.2. The van der Waals surface area contributed by atoms with E-state index >= 15 is 0 Å². The average Bonchev–Trinajstić information content (AvgIpc) is 3.49. The van der Waals surface area contributed by atoms with Crippen LogP contribution in [0, 0.1) is 11.8 Å². The lowest BCUT2D eigenvalue weighted by molar-refractivity contribution is -0.161. The topological polar surface area (TPSA) is 206 Å². The van der Waals surface area contributed by atoms with Crippen molar-refractivity contribution in [3.8, 4) is 0 Å². The van der Waals surface area contributed by atoms with Crippen molar-refractivity contribution in [3.63, 3.8) is 0 Å². The molecule has 14 heteroatoms. The van der Waals surface area contributed by atoms with E-state index in [0.29, 0.717) is 32.1 Å². The van der Waals surface area contributed by atoms with Crippen molar-refractivity contribution in [1.29, 1.82) is 0 Å². The van der Waals surface area contributed by atoms with Crippen molar-refractivity contribution in [2.24, 2.45) is 11.8 Å². The molecule has 1 unspecified atom stereocenters. The van der Waals surface area contributed by atoms with Crippen LogP contribution in [0.25, 0.3) is 0 Å². The van der Waals surface area contributed by atoms with E-state index in [4.69, 9.17) is 19.1 Å². The number of unbranched alkanes of at least 4 members (excludes halogenated alkanes) is 18. The van der Waals surface area contributed by atoms with E-state index in [2.05, 4.69) is 30.5 Å². The first-order valence-electron chi connectivity index (χ1n) is 23.4. The van der Waals surface area contributed by atoms with Crippen molar-refractivity contribution in [2.45, 2.75) is 212 Å². The Balaban J connectivity index is 2.41. The van der Waals surface area contributed by atoms with Crippen LogP contribution in [-0.4, -0.2) is 93.9 Å². The van der Waals surface area contributed by atoms with E-state index in [-0.39, 0.29) is 37.6 Å². The summed E-state index contributed by atoms with van der Waals surface area (Å²) in [6.45, 7) is 2.01. The molecule has 1 fully saturated rings. The number of ether oxygens (including phenoxy) is 2. The molecule has 0 radical (unpaired) electrons. The molecule has 0 heterocycles. The summed E-state index contributed by atoms with van der Waals surface area (Å²) in [5.41, 5.74) is 0. The van der Waals surface area contributed by atoms with E-state index in [1.807, 2.05) is 0 Å². The third kappa shape index (κ3) is 30.1. The van der Waals surface area contributed by atoms with Crippen molar-refractivity contribution in [3.05, 3.63) is 24.3 Å². The standard InChI is InChI=1S/C46H83O13P/c1-3-5-7-8-9-10-11-12-13-14-15-16-17-18-19-20-25-29-45(52)56-36-40(37-58-60(54,55)57-35-39(49)34-47)59-46(53)30-26-22-21-24-28-41-42(44(51)33-43(41)50)32-31-38(48)27-23-6-4-2/h12-13,31-32,38-43,47-50H,3-11,14-30,33-37H2,1-2H3,(H,54,55)/b13-12-,32-31+/t38-,39-,40+,41+,42+,43-/m0/s1. The maximum Gasteiger partial charge on any atom is 0.472 e. The fourth-order valence-electron chi connectivity index (χ4n) is 7.30. The zero-order valence-corrected chi connectivity index (χ0v) is 38.0. The number of allylic oxidation sites excluding steroid dienone is 3. The van der Waals surface area contributed by atoms with Crippen LogP contribution in [0.2, 0.25) is 0 Å². The molecule has 0 saturated heterocycles. The Morgan fingerprint density at radius 2 is 1.27 bits per heavy atom. The molecule has 1 saturated carbocycles. The first kappa shape index (κ1) is 56.1. The number of hydrogen-bond donors (Lipinski definition) is 5. The second kappa shape index (κ2) is 36.5. The summed E-state index contributed by atoms with van der Waals surface area (Å²) in [5.74, 6) is -1.73. The summed E-state index contributed by atoms with van der Waals surface area (Å²) < 4.78 is 32.8. The van der Waals surface area contributed by atoms with Gasteiger partial charge in [0.25, 0.3) is 0 Å². The first-order valence-corrected chi connectivity index (χ1v) is 24.9. The van der Waals surface area contributed by atoms with Gasteiger partial charge >= 0.3 is 19.8 Å². The minimum Gasteiger partial charge on any atom is -0.462 e. The average molecular weight is 875 g/mol. The number of carbonyl (C=O) groups excluding carboxylic acids is 3. The molecule has 1 aliphatic rings. The van der Waals surface area contributed by atoms with Crippen LogP contribution >= 0.6 is 7.82 Å². The molecule has 60 heavy (non-hydrogen) atoms. The number of hydrogen-bond acceptors (Lipinski definition) is 12. The molecule has 7 atom stereocenters. The first-order chi connectivity index (χ1) is 28.9. The molecular weight excluding hydrogens is 791 g/mol. The van der Waals surface area contributed by atoms with Gasteiger partial charge in [0.15, 0.2) is 6.10 Å². The molecule has 13 nitrogen and oxygen atoms in total. The molecule has 0 bridgehead atoms. The maximum atomic E-state index is 12.8. The van der Waals surface area contributed by atoms with Gasteiger partial charge in [-0.2, -0.15) is 0 Å². The van der Waals surface area contributed by atoms with Crippen molar-refractivity contribution < 1.29 is 62.8 Å². The quantitative estimate of drug-likeness (QED) is 0.0169. The summed E-state index contributed by atoms with van der Waals surface area (Å²) in [6, 6.07) is 0. The predicted molar refractivity (Wildman–Crippen MR) is 234 cm³/mol. The van der Waals surface area contributed by atoms with Gasteiger partial charge in [0, 0.05) is 25.2 Å². The summed E-state index contributed by atoms with van der Waals surface area (Å²) in [6.07, 6.45) is 29.0. The van der Waals surface area contributed by atoms with E-state index in [0.717, 1.165) is 64.2 Å². The van der Waals surface area contributed by atoms with Crippen LogP contribution < -0.4 is 0 Å². The molecule has 1 aliphatic carbocycles. The zero-order valence-electron chi connectivity index (χ0n) is 37.1. The molecule has 0 aliphatic heterocycles. The summed E-state index contributed by atoms with van der Waals surface area (Å²) in [7, 11) is -4.69. The van der Waals surface area contributed by atoms with Crippen LogP contribution in [-0.2, 0) is 37.5 Å². The molecule has 1 rings (SSSR count). The Morgan fingerprint density at radius 1 is 0.733 bits per heavy atom. The van der Waals surface area contributed by atoms with Gasteiger partial charge in [-0.25, -0.2) is 4.57 Å². The Kier molecular flexibility index (Phi) is 34.1. The number of phosphoric ester groups is 1. The monoisotopic (exact) mass is 875 g/mol. The van der Waals surface area contributed by atoms with Crippen LogP contribution in [0.15, 0.2) is 24.3 Å². The van der Waals surface area contributed by atoms with Gasteiger partial charge < -0.3 is 34.8 Å². The highest BCUT2D eigenvalue weighted by Crippen LogP contribution is 2.43. The van der Waals surface area contributed by atoms with Gasteiger partial charge in [-0.05, 0) is 57.3 Å². The van der Waals surface area contributed by atoms with E-state index in [1.54, 1.807) is 12.2 Å². The third-order valence-electron chi connectivity index (χ3n) is 11.0. The minimum absolute atomic E-state index is 0.0166. The highest BCUT2D eigenvalue weighted by Gasteiger charge is 2.39. The number of rotatable bonds is 40. The fraction of sp³-hybridized carbons (Fsp3) is 0.848. The van der Waals surface area contributed by atoms with Crippen molar-refractivity contribution >= 4 is 25.5 Å². The predicted octanol–water partition coefficient (Wildman–Crippen LogP) is 9.15. The SMILES string of the molecule is CCCCCCCC/C=C\CCCCCCCCCC(=O)OC[C@H](COP(=O)(O)OC[C@@H](O)CO)OC(=O)CCCCCC[C@H]1[C@@H](O)CC(=O)[C@@H]1/C=C/[C@@H](O)CCCCC. The minimum atomic E-state index is -4.69. The zero-order chi connectivity index (χ0) is 44.3. The Morgan fingerprint density at radius 3 is 1.88 bits per heavy atom. The Labute approximate surface area is 361 Å². The molecular formula is C46H83O13P. The molecule has 0 aromatic heterocycles. The number of phosphoric acid groups is 1.